The average molecular weight is 325 g/mol. The first-order valence-corrected chi connectivity index (χ1v) is 9.69. The van der Waals surface area contributed by atoms with Gasteiger partial charge in [0.15, 0.2) is 0 Å². The molecule has 0 unspecified atom stereocenters. The minimum atomic E-state index is 0.560. The lowest BCUT2D eigenvalue weighted by Crippen LogP contribution is -2.52. The van der Waals surface area contributed by atoms with E-state index in [2.05, 4.69) is 61.8 Å². The van der Waals surface area contributed by atoms with Gasteiger partial charge in [-0.25, -0.2) is 0 Å². The molecule has 0 aromatic heterocycles. The zero-order chi connectivity index (χ0) is 16.9. The third kappa shape index (κ3) is 2.60. The molecule has 1 aromatic rings. The van der Waals surface area contributed by atoms with Crippen LogP contribution in [0.15, 0.2) is 29.8 Å². The summed E-state index contributed by atoms with van der Waals surface area (Å²) in [6.45, 7) is 15.4. The van der Waals surface area contributed by atoms with Crippen molar-refractivity contribution in [2.45, 2.75) is 40.5 Å². The van der Waals surface area contributed by atoms with Gasteiger partial charge in [0.25, 0.3) is 0 Å². The van der Waals surface area contributed by atoms with Crippen molar-refractivity contribution in [3.63, 3.8) is 0 Å². The second kappa shape index (κ2) is 5.91. The van der Waals surface area contributed by atoms with Crippen LogP contribution in [-0.4, -0.2) is 37.6 Å². The Hall–Kier alpha value is -1.28. The molecule has 1 aromatic carbocycles. The van der Waals surface area contributed by atoms with Crippen LogP contribution in [0.4, 0.5) is 5.69 Å². The van der Waals surface area contributed by atoms with Gasteiger partial charge in [0.05, 0.1) is 0 Å². The van der Waals surface area contributed by atoms with Crippen LogP contribution in [0, 0.1) is 31.1 Å². The van der Waals surface area contributed by atoms with Crippen LogP contribution in [0.3, 0.4) is 0 Å². The minimum Gasteiger partial charge on any atom is -0.369 e. The molecule has 2 bridgehead atoms. The number of aryl methyl sites for hydroxylation is 1. The molecule has 2 fully saturated rings. The molecule has 2 heteroatoms. The molecule has 0 N–H and O–H groups in total. The number of rotatable bonds is 3. The van der Waals surface area contributed by atoms with Crippen LogP contribution in [0.1, 0.15) is 37.8 Å². The van der Waals surface area contributed by atoms with Gasteiger partial charge in [0, 0.05) is 38.4 Å². The molecule has 1 heterocycles. The van der Waals surface area contributed by atoms with Crippen molar-refractivity contribution in [1.29, 1.82) is 0 Å². The highest BCUT2D eigenvalue weighted by molar-refractivity contribution is 5.56. The van der Waals surface area contributed by atoms with Gasteiger partial charge in [-0.15, -0.1) is 0 Å². The summed E-state index contributed by atoms with van der Waals surface area (Å²) in [6, 6.07) is 6.71. The van der Waals surface area contributed by atoms with Crippen LogP contribution in [0.2, 0.25) is 0 Å². The van der Waals surface area contributed by atoms with E-state index in [0.29, 0.717) is 5.41 Å². The van der Waals surface area contributed by atoms with Gasteiger partial charge in [-0.1, -0.05) is 37.6 Å². The normalized spacial score (nSPS) is 29.2. The number of nitrogens with zero attached hydrogens (tertiary/aromatic N) is 2. The highest BCUT2D eigenvalue weighted by atomic mass is 15.3. The summed E-state index contributed by atoms with van der Waals surface area (Å²) in [5.74, 6) is 1.81. The predicted molar refractivity (Wildman–Crippen MR) is 103 cm³/mol. The maximum atomic E-state index is 2.68. The molecular formula is C22H32N2. The summed E-state index contributed by atoms with van der Waals surface area (Å²) in [6.07, 6.45) is 5.34. The largest absolute Gasteiger partial charge is 0.369 e. The zero-order valence-electron chi connectivity index (χ0n) is 15.8. The lowest BCUT2D eigenvalue weighted by atomic mass is 9.49. The molecule has 0 spiro atoms. The van der Waals surface area contributed by atoms with E-state index in [0.717, 1.165) is 24.9 Å². The van der Waals surface area contributed by atoms with E-state index >= 15 is 0 Å². The summed E-state index contributed by atoms with van der Waals surface area (Å²) in [4.78, 5) is 5.26. The van der Waals surface area contributed by atoms with Crippen molar-refractivity contribution in [3.05, 3.63) is 41.0 Å². The third-order valence-corrected chi connectivity index (χ3v) is 7.28. The van der Waals surface area contributed by atoms with Crippen molar-refractivity contribution in [2.75, 3.05) is 37.6 Å². The van der Waals surface area contributed by atoms with Gasteiger partial charge in [-0.3, -0.25) is 4.90 Å². The molecular weight excluding hydrogens is 292 g/mol. The molecule has 4 aliphatic rings. The lowest BCUT2D eigenvalue weighted by Gasteiger charge is -2.57. The van der Waals surface area contributed by atoms with Gasteiger partial charge in [0.2, 0.25) is 0 Å². The summed E-state index contributed by atoms with van der Waals surface area (Å²) < 4.78 is 0. The quantitative estimate of drug-likeness (QED) is 0.760. The standard InChI is InChI=1S/C22H32N2/c1-16-6-5-7-21(17(16)2)24-12-10-23(11-13-24)15-18-8-9-19-14-20(18)22(19,3)4/h5-8,19-20H,9-15H2,1-4H3/t19-,20+/m1/s1. The van der Waals surface area contributed by atoms with Crippen molar-refractivity contribution >= 4 is 5.69 Å². The summed E-state index contributed by atoms with van der Waals surface area (Å²) in [7, 11) is 0. The number of hydrogen-bond acceptors (Lipinski definition) is 2. The van der Waals surface area contributed by atoms with Crippen LogP contribution in [-0.2, 0) is 0 Å². The minimum absolute atomic E-state index is 0.560. The van der Waals surface area contributed by atoms with Gasteiger partial charge in [-0.05, 0) is 61.1 Å². The zero-order valence-corrected chi connectivity index (χ0v) is 15.8. The van der Waals surface area contributed by atoms with Crippen LogP contribution < -0.4 is 4.90 Å². The van der Waals surface area contributed by atoms with Gasteiger partial charge in [-0.2, -0.15) is 0 Å². The van der Waals surface area contributed by atoms with Gasteiger partial charge in [0.1, 0.15) is 0 Å². The second-order valence-electron chi connectivity index (χ2n) is 8.80. The van der Waals surface area contributed by atoms with E-state index < -0.39 is 0 Å². The molecule has 2 atom stereocenters. The Kier molecular flexibility index (Phi) is 3.99. The fourth-order valence-electron chi connectivity index (χ4n) is 5.14. The smallest absolute Gasteiger partial charge is 0.0399 e. The molecule has 1 saturated carbocycles. The predicted octanol–water partition coefficient (Wildman–Crippen LogP) is 4.42. The van der Waals surface area contributed by atoms with E-state index in [4.69, 9.17) is 0 Å². The van der Waals surface area contributed by atoms with Crippen LogP contribution in [0.5, 0.6) is 0 Å². The van der Waals surface area contributed by atoms with Gasteiger partial charge >= 0.3 is 0 Å². The molecule has 24 heavy (non-hydrogen) atoms. The molecule has 130 valence electrons. The topological polar surface area (TPSA) is 6.48 Å². The fraction of sp³-hybridized carbons (Fsp3) is 0.636. The van der Waals surface area contributed by atoms with Crippen molar-refractivity contribution < 1.29 is 0 Å². The number of anilines is 1. The van der Waals surface area contributed by atoms with Crippen molar-refractivity contribution in [1.82, 2.24) is 4.90 Å². The number of hydrogen-bond donors (Lipinski definition) is 0. The summed E-state index contributed by atoms with van der Waals surface area (Å²) in [5.41, 5.74) is 6.59. The summed E-state index contributed by atoms with van der Waals surface area (Å²) in [5, 5.41) is 0. The maximum Gasteiger partial charge on any atom is 0.0399 e. The summed E-state index contributed by atoms with van der Waals surface area (Å²) >= 11 is 0. The Morgan fingerprint density at radius 3 is 2.50 bits per heavy atom. The van der Waals surface area contributed by atoms with E-state index in [1.165, 1.54) is 49.3 Å². The molecule has 1 aliphatic heterocycles. The Balaban J connectivity index is 1.37. The first-order chi connectivity index (χ1) is 11.5. The van der Waals surface area contributed by atoms with E-state index in [1.54, 1.807) is 5.57 Å². The third-order valence-electron chi connectivity index (χ3n) is 7.28. The molecule has 0 radical (unpaired) electrons. The average Bonchev–Trinajstić information content (AvgIpc) is 2.58. The Morgan fingerprint density at radius 2 is 1.83 bits per heavy atom. The lowest BCUT2D eigenvalue weighted by molar-refractivity contribution is -0.0107. The molecule has 0 amide bonds. The number of benzene rings is 1. The maximum absolute atomic E-state index is 2.68. The SMILES string of the molecule is Cc1cccc(N2CCN(CC3=CC[C@@H]4C[C@@H]3C4(C)C)CC2)c1C. The van der Waals surface area contributed by atoms with Crippen LogP contribution in [0.25, 0.3) is 0 Å². The second-order valence-corrected chi connectivity index (χ2v) is 8.80. The Labute approximate surface area is 147 Å². The fourth-order valence-corrected chi connectivity index (χ4v) is 5.14. The van der Waals surface area contributed by atoms with Crippen LogP contribution >= 0.6 is 0 Å². The van der Waals surface area contributed by atoms with Crippen molar-refractivity contribution in [3.8, 4) is 0 Å². The Bertz CT molecular complexity index is 650. The number of fused-ring (bicyclic) bond motifs is 1. The molecule has 5 rings (SSSR count). The van der Waals surface area contributed by atoms with E-state index in [9.17, 15) is 0 Å². The molecule has 1 saturated heterocycles. The number of piperazine rings is 1. The molecule has 3 aliphatic carbocycles. The van der Waals surface area contributed by atoms with Gasteiger partial charge < -0.3 is 4.90 Å². The first-order valence-electron chi connectivity index (χ1n) is 9.69. The van der Waals surface area contributed by atoms with E-state index in [-0.39, 0.29) is 0 Å². The number of allylic oxidation sites excluding steroid dienone is 1. The molecule has 2 nitrogen and oxygen atoms in total. The van der Waals surface area contributed by atoms with Crippen molar-refractivity contribution in [2.24, 2.45) is 17.3 Å². The Morgan fingerprint density at radius 1 is 1.08 bits per heavy atom. The van der Waals surface area contributed by atoms with E-state index in [1.807, 2.05) is 0 Å². The monoisotopic (exact) mass is 324 g/mol. The highest BCUT2D eigenvalue weighted by Gasteiger charge is 2.51. The highest BCUT2D eigenvalue weighted by Crippen LogP contribution is 2.59. The first kappa shape index (κ1) is 16.2.